The van der Waals surface area contributed by atoms with E-state index in [1.807, 2.05) is 12.1 Å². The lowest BCUT2D eigenvalue weighted by atomic mass is 10.1. The van der Waals surface area contributed by atoms with Crippen molar-refractivity contribution in [1.29, 1.82) is 0 Å². The molecule has 0 unspecified atom stereocenters. The van der Waals surface area contributed by atoms with Crippen molar-refractivity contribution in [3.8, 4) is 0 Å². The number of piperidine rings is 1. The Morgan fingerprint density at radius 2 is 1.92 bits per heavy atom. The Labute approximate surface area is 181 Å². The summed E-state index contributed by atoms with van der Waals surface area (Å²) in [5.41, 5.74) is 1.18. The van der Waals surface area contributed by atoms with Crippen LogP contribution in [0.3, 0.4) is 0 Å². The second kappa shape index (κ2) is 12.5. The number of hydrogen-bond acceptors (Lipinski definition) is 3. The number of carbonyl (C=O) groups excluding carboxylic acids is 1. The highest BCUT2D eigenvalue weighted by molar-refractivity contribution is 14.0. The second-order valence-corrected chi connectivity index (χ2v) is 7.11. The first-order chi connectivity index (χ1) is 12.1. The molecule has 1 aliphatic heterocycles. The molecule has 0 aromatic heterocycles. The molecule has 0 bridgehead atoms. The van der Waals surface area contributed by atoms with Crippen molar-refractivity contribution in [3.05, 3.63) is 34.3 Å². The molecule has 6 nitrogen and oxygen atoms in total. The first-order valence-electron chi connectivity index (χ1n) is 8.83. The van der Waals surface area contributed by atoms with E-state index in [0.29, 0.717) is 19.1 Å². The third-order valence-corrected chi connectivity index (χ3v) is 4.78. The fourth-order valence-corrected chi connectivity index (χ4v) is 3.06. The van der Waals surface area contributed by atoms with Crippen molar-refractivity contribution in [2.45, 2.75) is 32.4 Å². The summed E-state index contributed by atoms with van der Waals surface area (Å²) >= 11 is 3.45. The predicted octanol–water partition coefficient (Wildman–Crippen LogP) is 2.33. The van der Waals surface area contributed by atoms with Crippen LogP contribution in [0.1, 0.15) is 25.3 Å². The van der Waals surface area contributed by atoms with Crippen LogP contribution in [0.4, 0.5) is 0 Å². The topological polar surface area (TPSA) is 68.8 Å². The van der Waals surface area contributed by atoms with Crippen molar-refractivity contribution in [2.75, 3.05) is 33.2 Å². The fraction of sp³-hybridized carbons (Fsp3) is 0.556. The number of nitrogens with one attached hydrogen (secondary N) is 3. The summed E-state index contributed by atoms with van der Waals surface area (Å²) in [6, 6.07) is 8.62. The van der Waals surface area contributed by atoms with Crippen LogP contribution >= 0.6 is 39.9 Å². The Morgan fingerprint density at radius 1 is 1.27 bits per heavy atom. The number of hydrogen-bond donors (Lipinski definition) is 3. The molecule has 26 heavy (non-hydrogen) atoms. The Balaban J connectivity index is 0.00000338. The van der Waals surface area contributed by atoms with Gasteiger partial charge in [-0.15, -0.1) is 24.0 Å². The lowest BCUT2D eigenvalue weighted by Gasteiger charge is -2.32. The second-order valence-electron chi connectivity index (χ2n) is 6.19. The zero-order valence-corrected chi connectivity index (χ0v) is 19.3. The number of amides is 1. The molecular weight excluding hydrogens is 509 g/mol. The van der Waals surface area contributed by atoms with Crippen LogP contribution in [0.5, 0.6) is 0 Å². The van der Waals surface area contributed by atoms with Crippen LogP contribution in [0, 0.1) is 0 Å². The molecule has 1 heterocycles. The van der Waals surface area contributed by atoms with E-state index < -0.39 is 0 Å². The van der Waals surface area contributed by atoms with Gasteiger partial charge in [-0.2, -0.15) is 0 Å². The molecule has 3 N–H and O–H groups in total. The van der Waals surface area contributed by atoms with E-state index in [0.717, 1.165) is 42.9 Å². The number of halogens is 2. The zero-order valence-electron chi connectivity index (χ0n) is 15.4. The van der Waals surface area contributed by atoms with Gasteiger partial charge in [-0.25, -0.2) is 4.99 Å². The molecule has 0 spiro atoms. The molecule has 1 aromatic carbocycles. The van der Waals surface area contributed by atoms with Gasteiger partial charge in [-0.3, -0.25) is 9.69 Å². The number of rotatable bonds is 6. The fourth-order valence-electron chi connectivity index (χ4n) is 2.79. The average molecular weight is 538 g/mol. The molecule has 0 aliphatic carbocycles. The lowest BCUT2D eigenvalue weighted by molar-refractivity contribution is -0.122. The first-order valence-corrected chi connectivity index (χ1v) is 9.62. The minimum Gasteiger partial charge on any atom is -0.358 e. The maximum atomic E-state index is 11.5. The normalized spacial score (nSPS) is 15.9. The monoisotopic (exact) mass is 537 g/mol. The number of nitrogens with zero attached hydrogens (tertiary/aromatic N) is 2. The van der Waals surface area contributed by atoms with Crippen molar-refractivity contribution in [1.82, 2.24) is 20.9 Å². The quantitative estimate of drug-likeness (QED) is 0.296. The number of guanidine groups is 1. The average Bonchev–Trinajstić information content (AvgIpc) is 2.62. The SMILES string of the molecule is CCNC(=NCc1ccc(Br)cc1)NC1CCN(CC(=O)NC)CC1.I. The summed E-state index contributed by atoms with van der Waals surface area (Å²) in [7, 11) is 1.68. The molecular formula is C18H29BrIN5O. The van der Waals surface area contributed by atoms with Crippen molar-refractivity contribution < 1.29 is 4.79 Å². The molecule has 0 radical (unpaired) electrons. The number of likely N-dealkylation sites (N-methyl/N-ethyl adjacent to an activating group) is 1. The van der Waals surface area contributed by atoms with E-state index >= 15 is 0 Å². The Bertz CT molecular complexity index is 573. The van der Waals surface area contributed by atoms with Gasteiger partial charge in [0, 0.05) is 37.2 Å². The van der Waals surface area contributed by atoms with Crippen LogP contribution in [-0.2, 0) is 11.3 Å². The molecule has 0 atom stereocenters. The van der Waals surface area contributed by atoms with Gasteiger partial charge < -0.3 is 16.0 Å². The van der Waals surface area contributed by atoms with Gasteiger partial charge in [0.15, 0.2) is 5.96 Å². The largest absolute Gasteiger partial charge is 0.358 e. The Kier molecular flexibility index (Phi) is 11.1. The number of benzene rings is 1. The molecule has 1 fully saturated rings. The van der Waals surface area contributed by atoms with Crippen LogP contribution in [0.2, 0.25) is 0 Å². The highest BCUT2D eigenvalue weighted by Crippen LogP contribution is 2.12. The minimum absolute atomic E-state index is 0. The Morgan fingerprint density at radius 3 is 2.50 bits per heavy atom. The smallest absolute Gasteiger partial charge is 0.233 e. The van der Waals surface area contributed by atoms with Gasteiger partial charge in [0.05, 0.1) is 13.1 Å². The van der Waals surface area contributed by atoms with Gasteiger partial charge >= 0.3 is 0 Å². The van der Waals surface area contributed by atoms with E-state index in [2.05, 4.69) is 60.8 Å². The maximum absolute atomic E-state index is 11.5. The van der Waals surface area contributed by atoms with E-state index in [1.54, 1.807) is 7.05 Å². The van der Waals surface area contributed by atoms with Crippen LogP contribution in [-0.4, -0.2) is 56.0 Å². The summed E-state index contributed by atoms with van der Waals surface area (Å²) in [6.07, 6.45) is 2.03. The zero-order chi connectivity index (χ0) is 18.1. The predicted molar refractivity (Wildman–Crippen MR) is 121 cm³/mol. The highest BCUT2D eigenvalue weighted by Gasteiger charge is 2.21. The standard InChI is InChI=1S/C18H28BrN5O.HI/c1-3-21-18(22-12-14-4-6-15(19)7-5-14)23-16-8-10-24(11-9-16)13-17(25)20-2;/h4-7,16H,3,8-13H2,1-2H3,(H,20,25)(H2,21,22,23);1H. The highest BCUT2D eigenvalue weighted by atomic mass is 127. The van der Waals surface area contributed by atoms with Crippen molar-refractivity contribution >= 4 is 51.8 Å². The van der Waals surface area contributed by atoms with Crippen LogP contribution in [0.15, 0.2) is 33.7 Å². The molecule has 1 aromatic rings. The molecule has 146 valence electrons. The number of aliphatic imine (C=N–C) groups is 1. The van der Waals surface area contributed by atoms with Gasteiger partial charge in [-0.05, 0) is 37.5 Å². The van der Waals surface area contributed by atoms with E-state index in [1.165, 1.54) is 5.56 Å². The van der Waals surface area contributed by atoms with Gasteiger partial charge in [0.2, 0.25) is 5.91 Å². The number of carbonyl (C=O) groups is 1. The Hall–Kier alpha value is -0.870. The maximum Gasteiger partial charge on any atom is 0.233 e. The van der Waals surface area contributed by atoms with Crippen molar-refractivity contribution in [2.24, 2.45) is 4.99 Å². The summed E-state index contributed by atoms with van der Waals surface area (Å²) in [6.45, 7) is 5.90. The van der Waals surface area contributed by atoms with Crippen molar-refractivity contribution in [3.63, 3.8) is 0 Å². The van der Waals surface area contributed by atoms with Gasteiger partial charge in [-0.1, -0.05) is 28.1 Å². The summed E-state index contributed by atoms with van der Waals surface area (Å²) < 4.78 is 1.08. The summed E-state index contributed by atoms with van der Waals surface area (Å²) in [5.74, 6) is 0.936. The summed E-state index contributed by atoms with van der Waals surface area (Å²) in [4.78, 5) is 18.4. The lowest BCUT2D eigenvalue weighted by Crippen LogP contribution is -2.50. The molecule has 1 saturated heterocycles. The third-order valence-electron chi connectivity index (χ3n) is 4.25. The van der Waals surface area contributed by atoms with Crippen LogP contribution in [0.25, 0.3) is 0 Å². The van der Waals surface area contributed by atoms with Gasteiger partial charge in [0.1, 0.15) is 0 Å². The first kappa shape index (κ1) is 23.2. The molecule has 1 aliphatic rings. The van der Waals surface area contributed by atoms with E-state index in [4.69, 9.17) is 0 Å². The molecule has 0 saturated carbocycles. The molecule has 8 heteroatoms. The molecule has 2 rings (SSSR count). The minimum atomic E-state index is 0. The third kappa shape index (κ3) is 8.22. The van der Waals surface area contributed by atoms with E-state index in [-0.39, 0.29) is 29.9 Å². The summed E-state index contributed by atoms with van der Waals surface area (Å²) in [5, 5.41) is 9.52. The number of likely N-dealkylation sites (tertiary alicyclic amines) is 1. The van der Waals surface area contributed by atoms with Gasteiger partial charge in [0.25, 0.3) is 0 Å². The molecule has 1 amide bonds. The van der Waals surface area contributed by atoms with E-state index in [9.17, 15) is 4.79 Å². The van der Waals surface area contributed by atoms with Crippen LogP contribution < -0.4 is 16.0 Å².